The molecule has 0 amide bonds. The van der Waals surface area contributed by atoms with Crippen molar-refractivity contribution in [2.75, 3.05) is 0 Å². The van der Waals surface area contributed by atoms with Crippen LogP contribution in [-0.4, -0.2) is 33.6 Å². The Morgan fingerprint density at radius 2 is 0.400 bits per heavy atom. The van der Waals surface area contributed by atoms with Crippen molar-refractivity contribution in [3.05, 3.63) is 0 Å². The molecule has 0 fully saturated rings. The molecule has 241 valence electrons. The number of hydrogen-bond acceptors (Lipinski definition) is 12. The van der Waals surface area contributed by atoms with Crippen molar-refractivity contribution >= 4 is 23.5 Å². The molecule has 0 spiro atoms. The fraction of sp³-hybridized carbons (Fsp3) is 1.00. The molecule has 0 aliphatic rings. The largest absolute Gasteiger partial charge is 3.00 e. The van der Waals surface area contributed by atoms with E-state index in [0.717, 1.165) is 0 Å². The summed E-state index contributed by atoms with van der Waals surface area (Å²) in [6.45, 7) is 29.8. The van der Waals surface area contributed by atoms with Crippen molar-refractivity contribution in [2.24, 2.45) is 0 Å². The summed E-state index contributed by atoms with van der Waals surface area (Å²) in [5.41, 5.74) is -4.48. The van der Waals surface area contributed by atoms with Gasteiger partial charge < -0.3 is 41.8 Å². The van der Waals surface area contributed by atoms with E-state index in [1.54, 1.807) is 125 Å². The van der Waals surface area contributed by atoms with Crippen molar-refractivity contribution in [1.82, 2.24) is 0 Å². The first-order valence-corrected chi connectivity index (χ1v) is 16.8. The average molecular weight is 772 g/mol. The first-order chi connectivity index (χ1) is 16.2. The Morgan fingerprint density at radius 1 is 0.325 bits per heavy atom. The van der Waals surface area contributed by atoms with Crippen LogP contribution in [0, 0.1) is 40.8 Å². The second-order valence-corrected chi connectivity index (χ2v) is 18.3. The molecule has 0 rings (SSSR count). The molecule has 0 atom stereocenters. The Morgan fingerprint density at radius 3 is 0.450 bits per heavy atom. The molecule has 0 aromatic rings. The number of phosphoric acid groups is 3. The second-order valence-electron chi connectivity index (χ2n) is 14.6. The Bertz CT molecular complexity index is 694. The molecule has 0 bridgehead atoms. The molecule has 0 aliphatic heterocycles. The molecule has 0 saturated carbocycles. The van der Waals surface area contributed by atoms with E-state index >= 15 is 0 Å². The fourth-order valence-corrected chi connectivity index (χ4v) is 6.21. The van der Waals surface area contributed by atoms with Gasteiger partial charge in [0.15, 0.2) is 0 Å². The first kappa shape index (κ1) is 48.6. The van der Waals surface area contributed by atoms with Crippen molar-refractivity contribution in [2.45, 2.75) is 158 Å². The van der Waals surface area contributed by atoms with E-state index in [1.807, 2.05) is 0 Å². The summed E-state index contributed by atoms with van der Waals surface area (Å²) in [6.07, 6.45) is 0. The van der Waals surface area contributed by atoms with Crippen LogP contribution in [0.2, 0.25) is 0 Å². The smallest absolute Gasteiger partial charge is 0.756 e. The summed E-state index contributed by atoms with van der Waals surface area (Å²) in [7, 11) is -12.6. The van der Waals surface area contributed by atoms with Gasteiger partial charge in [-0.25, -0.2) is 0 Å². The van der Waals surface area contributed by atoms with Crippen LogP contribution < -0.4 is 14.7 Å². The normalized spacial score (nSPS) is 14.3. The maximum absolute atomic E-state index is 11.2. The van der Waals surface area contributed by atoms with Gasteiger partial charge in [0.1, 0.15) is 0 Å². The number of hydrogen-bond donors (Lipinski definition) is 0. The summed E-state index contributed by atoms with van der Waals surface area (Å²) in [6, 6.07) is 0. The monoisotopic (exact) mass is 769 g/mol. The molecular weight excluding hydrogens is 717 g/mol. The zero-order chi connectivity index (χ0) is 32.7. The van der Waals surface area contributed by atoms with Crippen molar-refractivity contribution in [3.8, 4) is 0 Å². The molecule has 1 radical (unpaired) electrons. The predicted octanol–water partition coefficient (Wildman–Crippen LogP) is 6.26. The van der Waals surface area contributed by atoms with Gasteiger partial charge in [0, 0.05) is 0 Å². The SMILES string of the molecule is CC(C)(C)OP(=O)([O-])OC(C)(C)C.CC(C)(C)OP(=O)([O-])OC(C)(C)C.CC(C)(C)OP(=O)([O-])OC(C)(C)C.[Nd+3]. The van der Waals surface area contributed by atoms with Crippen LogP contribution in [0.4, 0.5) is 0 Å². The Kier molecular flexibility index (Phi) is 20.4. The summed E-state index contributed by atoms with van der Waals surface area (Å²) in [4.78, 5) is 33.7. The van der Waals surface area contributed by atoms with Crippen molar-refractivity contribution in [3.63, 3.8) is 0 Å². The topological polar surface area (TPSA) is 176 Å². The quantitative estimate of drug-likeness (QED) is 0.278. The second kappa shape index (κ2) is 16.8. The van der Waals surface area contributed by atoms with Gasteiger partial charge in [0.05, 0.1) is 33.6 Å². The predicted molar refractivity (Wildman–Crippen MR) is 148 cm³/mol. The molecule has 0 aromatic carbocycles. The van der Waals surface area contributed by atoms with E-state index in [-0.39, 0.29) is 40.8 Å². The van der Waals surface area contributed by atoms with Crippen LogP contribution >= 0.6 is 23.5 Å². The van der Waals surface area contributed by atoms with Crippen LogP contribution in [-0.2, 0) is 40.8 Å². The maximum Gasteiger partial charge on any atom is 3.00 e. The minimum Gasteiger partial charge on any atom is -0.756 e. The molecular formula is C24H54NdO12P3. The van der Waals surface area contributed by atoms with Gasteiger partial charge in [-0.15, -0.1) is 0 Å². The van der Waals surface area contributed by atoms with Crippen LogP contribution in [0.25, 0.3) is 0 Å². The summed E-state index contributed by atoms with van der Waals surface area (Å²) in [5.74, 6) is 0. The van der Waals surface area contributed by atoms with E-state index in [9.17, 15) is 28.4 Å². The van der Waals surface area contributed by atoms with E-state index in [4.69, 9.17) is 27.1 Å². The van der Waals surface area contributed by atoms with E-state index < -0.39 is 57.1 Å². The van der Waals surface area contributed by atoms with E-state index in [0.29, 0.717) is 0 Å². The van der Waals surface area contributed by atoms with Gasteiger partial charge in [-0.2, -0.15) is 0 Å². The Labute approximate surface area is 276 Å². The molecule has 0 unspecified atom stereocenters. The van der Waals surface area contributed by atoms with E-state index in [1.165, 1.54) is 0 Å². The van der Waals surface area contributed by atoms with Crippen molar-refractivity contribution < 1.29 is 96.4 Å². The minimum absolute atomic E-state index is 0. The van der Waals surface area contributed by atoms with Gasteiger partial charge in [0.2, 0.25) is 0 Å². The summed E-state index contributed by atoms with van der Waals surface area (Å²) < 4.78 is 62.4. The van der Waals surface area contributed by atoms with Crippen LogP contribution in [0.5, 0.6) is 0 Å². The molecule has 0 N–H and O–H groups in total. The molecule has 0 heterocycles. The van der Waals surface area contributed by atoms with Gasteiger partial charge in [-0.05, 0) is 125 Å². The van der Waals surface area contributed by atoms with Gasteiger partial charge >= 0.3 is 40.8 Å². The third kappa shape index (κ3) is 41.8. The molecule has 0 aromatic heterocycles. The zero-order valence-electron chi connectivity index (χ0n) is 27.7. The third-order valence-electron chi connectivity index (χ3n) is 2.31. The summed E-state index contributed by atoms with van der Waals surface area (Å²) in [5, 5.41) is 0. The van der Waals surface area contributed by atoms with Crippen molar-refractivity contribution in [1.29, 1.82) is 0 Å². The fourth-order valence-electron chi connectivity index (χ4n) is 2.07. The van der Waals surface area contributed by atoms with Gasteiger partial charge in [-0.1, -0.05) is 0 Å². The standard InChI is InChI=1S/3C8H19O4P.Nd/c3*1-7(2,3)11-13(9,10)12-8(4,5)6;/h3*1-6H3,(H,9,10);/q;;;+3/p-3. The van der Waals surface area contributed by atoms with Crippen LogP contribution in [0.15, 0.2) is 0 Å². The molecule has 12 nitrogen and oxygen atoms in total. The third-order valence-corrected chi connectivity index (χ3v) is 6.94. The Balaban J connectivity index is -0.000000240. The summed E-state index contributed by atoms with van der Waals surface area (Å²) >= 11 is 0. The number of rotatable bonds is 6. The van der Waals surface area contributed by atoms with E-state index in [2.05, 4.69) is 0 Å². The number of phosphoric ester groups is 3. The van der Waals surface area contributed by atoms with Gasteiger partial charge in [0.25, 0.3) is 23.5 Å². The van der Waals surface area contributed by atoms with Crippen LogP contribution in [0.3, 0.4) is 0 Å². The maximum atomic E-state index is 11.2. The molecule has 16 heteroatoms. The zero-order valence-corrected chi connectivity index (χ0v) is 33.6. The van der Waals surface area contributed by atoms with Gasteiger partial charge in [-0.3, -0.25) is 13.7 Å². The molecule has 0 aliphatic carbocycles. The molecule has 40 heavy (non-hydrogen) atoms. The Hall–Kier alpha value is 1.68. The average Bonchev–Trinajstić information content (AvgIpc) is 2.28. The van der Waals surface area contributed by atoms with Crippen LogP contribution in [0.1, 0.15) is 125 Å². The molecule has 0 saturated heterocycles. The first-order valence-electron chi connectivity index (χ1n) is 12.4. The minimum atomic E-state index is -4.19.